The van der Waals surface area contributed by atoms with Crippen LogP contribution in [0.1, 0.15) is 29.3 Å². The molecule has 2 heterocycles. The van der Waals surface area contributed by atoms with Gasteiger partial charge < -0.3 is 14.7 Å². The van der Waals surface area contributed by atoms with Crippen LogP contribution in [0.3, 0.4) is 0 Å². The van der Waals surface area contributed by atoms with Gasteiger partial charge in [-0.15, -0.1) is 0 Å². The standard InChI is InChI=1S/C15H17NO4/c1-9-12(5-7-20-9)14(17)16-6-4-10-2-3-11(15(18)19)8-13(10)16/h2-3,8-9,12H,4-7H2,1H3,(H,18,19). The van der Waals surface area contributed by atoms with E-state index in [9.17, 15) is 9.59 Å². The van der Waals surface area contributed by atoms with Crippen molar-refractivity contribution in [3.05, 3.63) is 29.3 Å². The van der Waals surface area contributed by atoms with Gasteiger partial charge in [-0.3, -0.25) is 4.79 Å². The zero-order chi connectivity index (χ0) is 14.3. The van der Waals surface area contributed by atoms with Crippen LogP contribution in [0, 0.1) is 5.92 Å². The third-order valence-corrected chi connectivity index (χ3v) is 4.19. The fraction of sp³-hybridized carbons (Fsp3) is 0.467. The zero-order valence-electron chi connectivity index (χ0n) is 11.3. The van der Waals surface area contributed by atoms with Crippen LogP contribution in [0.25, 0.3) is 0 Å². The summed E-state index contributed by atoms with van der Waals surface area (Å²) < 4.78 is 5.45. The third kappa shape index (κ3) is 2.08. The predicted molar refractivity (Wildman–Crippen MR) is 73.0 cm³/mol. The molecule has 5 nitrogen and oxygen atoms in total. The highest BCUT2D eigenvalue weighted by Gasteiger charge is 2.36. The third-order valence-electron chi connectivity index (χ3n) is 4.19. The number of anilines is 1. The lowest BCUT2D eigenvalue weighted by Gasteiger charge is -2.23. The van der Waals surface area contributed by atoms with Crippen molar-refractivity contribution in [1.29, 1.82) is 0 Å². The van der Waals surface area contributed by atoms with Gasteiger partial charge >= 0.3 is 5.97 Å². The molecule has 0 radical (unpaired) electrons. The van der Waals surface area contributed by atoms with Gasteiger partial charge in [0.15, 0.2) is 0 Å². The van der Waals surface area contributed by atoms with E-state index in [1.165, 1.54) is 0 Å². The summed E-state index contributed by atoms with van der Waals surface area (Å²) in [5, 5.41) is 9.07. The number of amides is 1. The molecule has 0 aliphatic carbocycles. The Morgan fingerprint density at radius 3 is 2.85 bits per heavy atom. The van der Waals surface area contributed by atoms with Crippen LogP contribution in [0.4, 0.5) is 5.69 Å². The fourth-order valence-corrected chi connectivity index (χ4v) is 3.00. The van der Waals surface area contributed by atoms with Crippen molar-refractivity contribution in [2.45, 2.75) is 25.9 Å². The first kappa shape index (κ1) is 13.1. The maximum Gasteiger partial charge on any atom is 0.335 e. The molecule has 0 saturated carbocycles. The second kappa shape index (κ2) is 4.90. The molecule has 1 aromatic rings. The largest absolute Gasteiger partial charge is 0.478 e. The van der Waals surface area contributed by atoms with Crippen molar-refractivity contribution >= 4 is 17.6 Å². The van der Waals surface area contributed by atoms with Crippen molar-refractivity contribution in [3.63, 3.8) is 0 Å². The van der Waals surface area contributed by atoms with Gasteiger partial charge in [0.1, 0.15) is 0 Å². The number of hydrogen-bond acceptors (Lipinski definition) is 3. The number of carboxylic acid groups (broad SMARTS) is 1. The number of aromatic carboxylic acids is 1. The monoisotopic (exact) mass is 275 g/mol. The quantitative estimate of drug-likeness (QED) is 0.892. The summed E-state index contributed by atoms with van der Waals surface area (Å²) in [5.41, 5.74) is 2.00. The molecule has 2 atom stereocenters. The summed E-state index contributed by atoms with van der Waals surface area (Å²) >= 11 is 0. The molecule has 2 aliphatic rings. The molecule has 20 heavy (non-hydrogen) atoms. The summed E-state index contributed by atoms with van der Waals surface area (Å²) in [7, 11) is 0. The van der Waals surface area contributed by atoms with Gasteiger partial charge in [-0.2, -0.15) is 0 Å². The molecule has 1 N–H and O–H groups in total. The lowest BCUT2D eigenvalue weighted by Crippen LogP contribution is -2.37. The number of nitrogens with zero attached hydrogens (tertiary/aromatic N) is 1. The minimum absolute atomic E-state index is 0.0521. The van der Waals surface area contributed by atoms with Gasteiger partial charge in [0.2, 0.25) is 5.91 Å². The highest BCUT2D eigenvalue weighted by molar-refractivity contribution is 5.99. The van der Waals surface area contributed by atoms with E-state index in [0.29, 0.717) is 13.2 Å². The van der Waals surface area contributed by atoms with Gasteiger partial charge in [0, 0.05) is 18.8 Å². The van der Waals surface area contributed by atoms with E-state index in [1.54, 1.807) is 23.1 Å². The molecule has 0 spiro atoms. The Balaban J connectivity index is 1.90. The van der Waals surface area contributed by atoms with Crippen molar-refractivity contribution in [3.8, 4) is 0 Å². The molecule has 1 fully saturated rings. The van der Waals surface area contributed by atoms with Gasteiger partial charge in [-0.25, -0.2) is 4.79 Å². The molecule has 2 aliphatic heterocycles. The maximum absolute atomic E-state index is 12.6. The van der Waals surface area contributed by atoms with Crippen LogP contribution < -0.4 is 4.90 Å². The Labute approximate surface area is 117 Å². The van der Waals surface area contributed by atoms with Gasteiger partial charge in [0.25, 0.3) is 0 Å². The number of carbonyl (C=O) groups is 2. The summed E-state index contributed by atoms with van der Waals surface area (Å²) in [6, 6.07) is 5.00. The van der Waals surface area contributed by atoms with E-state index in [4.69, 9.17) is 9.84 Å². The first-order valence-electron chi connectivity index (χ1n) is 6.87. The number of hydrogen-bond donors (Lipinski definition) is 1. The molecular formula is C15H17NO4. The maximum atomic E-state index is 12.6. The molecule has 1 amide bonds. The number of ether oxygens (including phenoxy) is 1. The molecule has 1 aromatic carbocycles. The Kier molecular flexibility index (Phi) is 3.22. The van der Waals surface area contributed by atoms with Crippen molar-refractivity contribution in [2.24, 2.45) is 5.92 Å². The lowest BCUT2D eigenvalue weighted by atomic mass is 10.0. The van der Waals surface area contributed by atoms with E-state index in [2.05, 4.69) is 0 Å². The highest BCUT2D eigenvalue weighted by atomic mass is 16.5. The van der Waals surface area contributed by atoms with Crippen LogP contribution in [-0.2, 0) is 16.0 Å². The SMILES string of the molecule is CC1OCCC1C(=O)N1CCc2ccc(C(=O)O)cc21. The van der Waals surface area contributed by atoms with Gasteiger partial charge in [-0.1, -0.05) is 6.07 Å². The molecule has 5 heteroatoms. The molecule has 3 rings (SSSR count). The van der Waals surface area contributed by atoms with E-state index >= 15 is 0 Å². The summed E-state index contributed by atoms with van der Waals surface area (Å²) in [6.45, 7) is 3.16. The average molecular weight is 275 g/mol. The average Bonchev–Trinajstić information content (AvgIpc) is 3.03. The normalized spacial score (nSPS) is 24.8. The second-order valence-corrected chi connectivity index (χ2v) is 5.36. The number of benzene rings is 1. The predicted octanol–water partition coefficient (Wildman–Crippen LogP) is 1.70. The molecular weight excluding hydrogens is 258 g/mol. The van der Waals surface area contributed by atoms with E-state index in [-0.39, 0.29) is 23.5 Å². The van der Waals surface area contributed by atoms with Crippen molar-refractivity contribution in [1.82, 2.24) is 0 Å². The van der Waals surface area contributed by atoms with Crippen molar-refractivity contribution < 1.29 is 19.4 Å². The Morgan fingerprint density at radius 2 is 2.20 bits per heavy atom. The first-order chi connectivity index (χ1) is 9.58. The lowest BCUT2D eigenvalue weighted by molar-refractivity contribution is -0.123. The van der Waals surface area contributed by atoms with Crippen molar-refractivity contribution in [2.75, 3.05) is 18.1 Å². The summed E-state index contributed by atoms with van der Waals surface area (Å²) in [5.74, 6) is -1.03. The van der Waals surface area contributed by atoms with Gasteiger partial charge in [0.05, 0.1) is 17.6 Å². The van der Waals surface area contributed by atoms with Crippen LogP contribution in [0.15, 0.2) is 18.2 Å². The molecule has 106 valence electrons. The summed E-state index contributed by atoms with van der Waals surface area (Å²) in [4.78, 5) is 25.4. The smallest absolute Gasteiger partial charge is 0.335 e. The van der Waals surface area contributed by atoms with Crippen LogP contribution in [0.5, 0.6) is 0 Å². The minimum atomic E-state index is -0.968. The number of fused-ring (bicyclic) bond motifs is 1. The molecule has 2 unspecified atom stereocenters. The molecule has 0 aromatic heterocycles. The Bertz CT molecular complexity index is 569. The van der Waals surface area contributed by atoms with Gasteiger partial charge in [-0.05, 0) is 37.5 Å². The number of rotatable bonds is 2. The summed E-state index contributed by atoms with van der Waals surface area (Å²) in [6.07, 6.45) is 1.46. The van der Waals surface area contributed by atoms with E-state index in [1.807, 2.05) is 6.92 Å². The van der Waals surface area contributed by atoms with Crippen LogP contribution in [0.2, 0.25) is 0 Å². The van der Waals surface area contributed by atoms with Crippen LogP contribution in [-0.4, -0.2) is 36.2 Å². The number of carboxylic acids is 1. The Morgan fingerprint density at radius 1 is 1.40 bits per heavy atom. The fourth-order valence-electron chi connectivity index (χ4n) is 3.00. The van der Waals surface area contributed by atoms with Crippen LogP contribution >= 0.6 is 0 Å². The zero-order valence-corrected chi connectivity index (χ0v) is 11.3. The molecule has 1 saturated heterocycles. The van der Waals surface area contributed by atoms with E-state index < -0.39 is 5.97 Å². The minimum Gasteiger partial charge on any atom is -0.478 e. The highest BCUT2D eigenvalue weighted by Crippen LogP contribution is 2.33. The molecule has 0 bridgehead atoms. The topological polar surface area (TPSA) is 66.8 Å². The first-order valence-corrected chi connectivity index (χ1v) is 6.87. The second-order valence-electron chi connectivity index (χ2n) is 5.36. The van der Waals surface area contributed by atoms with E-state index in [0.717, 1.165) is 24.1 Å². The number of carbonyl (C=O) groups excluding carboxylic acids is 1. The Hall–Kier alpha value is -1.88.